The second-order valence-electron chi connectivity index (χ2n) is 1.94. The molecule has 1 aromatic rings. The molecule has 6 heteroatoms. The van der Waals surface area contributed by atoms with Gasteiger partial charge in [-0.1, -0.05) is 23.8 Å². The summed E-state index contributed by atoms with van der Waals surface area (Å²) in [6.45, 7) is 3.82. The number of nitrogens with zero attached hydrogens (tertiary/aromatic N) is 3. The van der Waals surface area contributed by atoms with Crippen LogP contribution in [0.1, 0.15) is 0 Å². The van der Waals surface area contributed by atoms with E-state index in [-0.39, 0.29) is 0 Å². The van der Waals surface area contributed by atoms with Crippen molar-refractivity contribution < 1.29 is 9.32 Å². The van der Waals surface area contributed by atoms with Gasteiger partial charge in [-0.25, -0.2) is 0 Å². The summed E-state index contributed by atoms with van der Waals surface area (Å²) in [6, 6.07) is 0. The normalized spacial score (nSPS) is 9.42. The van der Waals surface area contributed by atoms with Gasteiger partial charge in [0.25, 0.3) is 5.24 Å². The van der Waals surface area contributed by atoms with E-state index in [0.717, 1.165) is 0 Å². The lowest BCUT2D eigenvalue weighted by Gasteiger charge is -2.12. The van der Waals surface area contributed by atoms with Gasteiger partial charge in [0.1, 0.15) is 0 Å². The zero-order valence-corrected chi connectivity index (χ0v) is 7.07. The van der Waals surface area contributed by atoms with Crippen molar-refractivity contribution in [2.24, 2.45) is 0 Å². The summed E-state index contributed by atoms with van der Waals surface area (Å²) < 4.78 is 4.47. The summed E-state index contributed by atoms with van der Waals surface area (Å²) >= 11 is 3.64. The quantitative estimate of drug-likeness (QED) is 0.566. The Labute approximate surface area is 74.4 Å². The smallest absolute Gasteiger partial charge is 0.284 e. The van der Waals surface area contributed by atoms with Gasteiger partial charge in [-0.3, -0.25) is 9.69 Å². The minimum Gasteiger partial charge on any atom is -0.343 e. The molecule has 1 aromatic heterocycles. The first kappa shape index (κ1) is 8.79. The first-order valence-electron chi connectivity index (χ1n) is 3.14. The van der Waals surface area contributed by atoms with Crippen LogP contribution in [0.4, 0.5) is 10.6 Å². The Morgan fingerprint density at radius 2 is 2.67 bits per heavy atom. The van der Waals surface area contributed by atoms with Gasteiger partial charge < -0.3 is 4.52 Å². The van der Waals surface area contributed by atoms with Crippen LogP contribution in [0.5, 0.6) is 0 Å². The largest absolute Gasteiger partial charge is 0.343 e. The van der Waals surface area contributed by atoms with Crippen molar-refractivity contribution in [2.45, 2.75) is 0 Å². The highest BCUT2D eigenvalue weighted by molar-refractivity contribution is 7.96. The third kappa shape index (κ3) is 1.85. The number of aromatic nitrogens is 2. The molecule has 1 amide bonds. The van der Waals surface area contributed by atoms with E-state index >= 15 is 0 Å². The van der Waals surface area contributed by atoms with E-state index in [2.05, 4.69) is 34.1 Å². The van der Waals surface area contributed by atoms with Crippen molar-refractivity contribution in [3.05, 3.63) is 18.9 Å². The maximum Gasteiger partial charge on any atom is 0.284 e. The zero-order valence-electron chi connectivity index (χ0n) is 6.17. The molecule has 0 aliphatic rings. The molecule has 0 bridgehead atoms. The lowest BCUT2D eigenvalue weighted by atomic mass is 10.5. The Morgan fingerprint density at radius 1 is 1.92 bits per heavy atom. The Bertz CT molecular complexity index is 272. The Hall–Kier alpha value is -1.30. The van der Waals surface area contributed by atoms with E-state index in [1.165, 1.54) is 11.2 Å². The van der Waals surface area contributed by atoms with Gasteiger partial charge in [0, 0.05) is 11.8 Å². The predicted molar refractivity (Wildman–Crippen MR) is 46.2 cm³/mol. The molecule has 0 radical (unpaired) electrons. The van der Waals surface area contributed by atoms with Crippen LogP contribution in [0.15, 0.2) is 23.4 Å². The number of carbonyl (C=O) groups is 1. The van der Waals surface area contributed by atoms with Gasteiger partial charge in [-0.05, 0) is 0 Å². The van der Waals surface area contributed by atoms with Gasteiger partial charge in [-0.2, -0.15) is 0 Å². The molecule has 64 valence electrons. The summed E-state index contributed by atoms with van der Waals surface area (Å²) in [4.78, 5) is 12.1. The fraction of sp³-hybridized carbons (Fsp3) is 0.167. The Balaban J connectivity index is 2.80. The number of rotatable bonds is 3. The van der Waals surface area contributed by atoms with E-state index < -0.39 is 5.24 Å². The number of carbonyl (C=O) groups excluding carboxylic acids is 1. The number of amides is 1. The highest BCUT2D eigenvalue weighted by Gasteiger charge is 2.13. The minimum absolute atomic E-state index is 0.329. The van der Waals surface area contributed by atoms with Crippen molar-refractivity contribution in [3.8, 4) is 0 Å². The van der Waals surface area contributed by atoms with Gasteiger partial charge >= 0.3 is 0 Å². The van der Waals surface area contributed by atoms with E-state index in [1.54, 1.807) is 6.08 Å². The van der Waals surface area contributed by atoms with Crippen LogP contribution >= 0.6 is 12.6 Å². The molecule has 5 nitrogen and oxygen atoms in total. The third-order valence-electron chi connectivity index (χ3n) is 1.17. The monoisotopic (exact) mass is 185 g/mol. The highest BCUT2D eigenvalue weighted by Crippen LogP contribution is 2.10. The molecular formula is C6H7N3O2S. The molecule has 0 atom stereocenters. The highest BCUT2D eigenvalue weighted by atomic mass is 32.1. The molecule has 0 saturated heterocycles. The SMILES string of the molecule is C=CCN(C(=O)S)c1conn1. The average Bonchev–Trinajstić information content (AvgIpc) is 2.51. The topological polar surface area (TPSA) is 59.2 Å². The van der Waals surface area contributed by atoms with Crippen LogP contribution in [0.25, 0.3) is 0 Å². The number of thiol groups is 1. The van der Waals surface area contributed by atoms with E-state index in [4.69, 9.17) is 0 Å². The maximum atomic E-state index is 10.9. The van der Waals surface area contributed by atoms with Gasteiger partial charge in [0.2, 0.25) is 0 Å². The van der Waals surface area contributed by atoms with Crippen molar-refractivity contribution in [3.63, 3.8) is 0 Å². The van der Waals surface area contributed by atoms with E-state index in [0.29, 0.717) is 12.4 Å². The molecule has 1 rings (SSSR count). The van der Waals surface area contributed by atoms with Crippen LogP contribution in [-0.4, -0.2) is 22.2 Å². The van der Waals surface area contributed by atoms with Crippen LogP contribution < -0.4 is 4.90 Å². The van der Waals surface area contributed by atoms with Crippen LogP contribution in [0.2, 0.25) is 0 Å². The van der Waals surface area contributed by atoms with Gasteiger partial charge in [0.15, 0.2) is 12.1 Å². The molecule has 0 aliphatic carbocycles. The van der Waals surface area contributed by atoms with E-state index in [1.807, 2.05) is 0 Å². The molecular weight excluding hydrogens is 178 g/mol. The number of hydrogen-bond acceptors (Lipinski definition) is 4. The van der Waals surface area contributed by atoms with Crippen molar-refractivity contribution in [2.75, 3.05) is 11.4 Å². The third-order valence-corrected chi connectivity index (χ3v) is 1.41. The molecule has 0 unspecified atom stereocenters. The average molecular weight is 185 g/mol. The summed E-state index contributed by atoms with van der Waals surface area (Å²) in [7, 11) is 0. The molecule has 0 saturated carbocycles. The predicted octanol–water partition coefficient (Wildman–Crippen LogP) is 1.11. The van der Waals surface area contributed by atoms with Crippen molar-refractivity contribution in [1.82, 2.24) is 10.4 Å². The number of hydrogen-bond donors (Lipinski definition) is 1. The summed E-state index contributed by atoms with van der Waals surface area (Å²) in [5, 5.41) is 6.34. The Morgan fingerprint density at radius 3 is 3.08 bits per heavy atom. The fourth-order valence-corrected chi connectivity index (χ4v) is 0.860. The van der Waals surface area contributed by atoms with Crippen molar-refractivity contribution in [1.29, 1.82) is 0 Å². The molecule has 1 heterocycles. The lowest BCUT2D eigenvalue weighted by molar-refractivity contribution is 0.265. The van der Waals surface area contributed by atoms with E-state index in [9.17, 15) is 4.79 Å². The minimum atomic E-state index is -0.425. The van der Waals surface area contributed by atoms with Crippen molar-refractivity contribution >= 4 is 23.7 Å². The van der Waals surface area contributed by atoms with Gasteiger partial charge in [0.05, 0.1) is 0 Å². The standard InChI is InChI=1S/C6H7N3O2S/c1-2-3-9(6(10)12)5-4-11-8-7-5/h2,4H,1,3H2,(H,10,12). The summed E-state index contributed by atoms with van der Waals surface area (Å²) in [6.07, 6.45) is 2.82. The molecule has 0 aliphatic heterocycles. The van der Waals surface area contributed by atoms with Crippen LogP contribution in [-0.2, 0) is 0 Å². The van der Waals surface area contributed by atoms with Gasteiger partial charge in [-0.15, -0.1) is 6.58 Å². The second-order valence-corrected chi connectivity index (χ2v) is 2.33. The summed E-state index contributed by atoms with van der Waals surface area (Å²) in [5.74, 6) is 0.329. The first-order chi connectivity index (χ1) is 5.75. The second kappa shape index (κ2) is 3.91. The first-order valence-corrected chi connectivity index (χ1v) is 3.59. The molecule has 0 N–H and O–H groups in total. The summed E-state index contributed by atoms with van der Waals surface area (Å²) in [5.41, 5.74) is 0. The molecule has 12 heavy (non-hydrogen) atoms. The van der Waals surface area contributed by atoms with Crippen LogP contribution in [0, 0.1) is 0 Å². The number of anilines is 1. The molecule has 0 aromatic carbocycles. The molecule has 0 spiro atoms. The maximum absolute atomic E-state index is 10.9. The zero-order chi connectivity index (χ0) is 8.97. The fourth-order valence-electron chi connectivity index (χ4n) is 0.676. The Kier molecular flexibility index (Phi) is 2.87. The lowest BCUT2D eigenvalue weighted by Crippen LogP contribution is -2.26. The molecule has 0 fully saturated rings. The van der Waals surface area contributed by atoms with Crippen LogP contribution in [0.3, 0.4) is 0 Å².